The molecule has 1 atom stereocenters. The first-order chi connectivity index (χ1) is 7.22. The summed E-state index contributed by atoms with van der Waals surface area (Å²) in [6.07, 6.45) is 3.30. The number of anilines is 1. The Labute approximate surface area is 94.3 Å². The van der Waals surface area contributed by atoms with Crippen LogP contribution in [0.2, 0.25) is 0 Å². The van der Waals surface area contributed by atoms with Crippen LogP contribution in [0, 0.1) is 0 Å². The molecule has 15 heavy (non-hydrogen) atoms. The zero-order valence-electron chi connectivity index (χ0n) is 8.73. The van der Waals surface area contributed by atoms with Gasteiger partial charge >= 0.3 is 0 Å². The number of aromatic nitrogens is 2. The molecule has 1 aromatic rings. The van der Waals surface area contributed by atoms with Gasteiger partial charge in [0.25, 0.3) is 0 Å². The average molecular weight is 226 g/mol. The second-order valence-corrected chi connectivity index (χ2v) is 3.44. The molecule has 0 saturated heterocycles. The Balaban J connectivity index is 2.36. The van der Waals surface area contributed by atoms with Gasteiger partial charge in [0.1, 0.15) is 0 Å². The lowest BCUT2D eigenvalue weighted by molar-refractivity contribution is 0.179. The molecule has 0 amide bonds. The summed E-state index contributed by atoms with van der Waals surface area (Å²) in [6, 6.07) is 1.90. The van der Waals surface area contributed by atoms with Crippen LogP contribution in [0.5, 0.6) is 0 Å². The molecule has 0 aliphatic heterocycles. The molecule has 0 radical (unpaired) electrons. The third-order valence-corrected chi connectivity index (χ3v) is 1.81. The summed E-state index contributed by atoms with van der Waals surface area (Å²) in [5, 5.41) is 6.41. The standard InChI is InChI=1S/C9H14N4OS/c1-7(6-14-2)12-9(15)13-8-10-4-3-5-11-8/h3-5,7H,6H2,1-2H3,(H2,10,11,12,13,15). The summed E-state index contributed by atoms with van der Waals surface area (Å²) in [4.78, 5) is 7.98. The van der Waals surface area contributed by atoms with E-state index in [-0.39, 0.29) is 6.04 Å². The van der Waals surface area contributed by atoms with Gasteiger partial charge in [0.05, 0.1) is 6.61 Å². The molecule has 0 aliphatic rings. The third-order valence-electron chi connectivity index (χ3n) is 1.59. The van der Waals surface area contributed by atoms with E-state index in [0.29, 0.717) is 17.7 Å². The normalized spacial score (nSPS) is 11.9. The summed E-state index contributed by atoms with van der Waals surface area (Å²) in [5.74, 6) is 0.486. The Hall–Kier alpha value is -1.27. The lowest BCUT2D eigenvalue weighted by Crippen LogP contribution is -2.38. The maximum absolute atomic E-state index is 5.07. The molecule has 0 fully saturated rings. The van der Waals surface area contributed by atoms with Crippen molar-refractivity contribution in [1.82, 2.24) is 15.3 Å². The van der Waals surface area contributed by atoms with E-state index < -0.39 is 0 Å². The van der Waals surface area contributed by atoms with Gasteiger partial charge in [-0.25, -0.2) is 9.97 Å². The molecule has 2 N–H and O–H groups in total. The van der Waals surface area contributed by atoms with Crippen LogP contribution in [0.15, 0.2) is 18.5 Å². The first-order valence-corrected chi connectivity index (χ1v) is 4.96. The van der Waals surface area contributed by atoms with Crippen LogP contribution in [0.1, 0.15) is 6.92 Å². The van der Waals surface area contributed by atoms with Crippen LogP contribution >= 0.6 is 12.2 Å². The van der Waals surface area contributed by atoms with Gasteiger partial charge in [0.15, 0.2) is 5.11 Å². The van der Waals surface area contributed by atoms with E-state index in [0.717, 1.165) is 0 Å². The number of thiocarbonyl (C=S) groups is 1. The second kappa shape index (κ2) is 6.26. The average Bonchev–Trinajstić information content (AvgIpc) is 2.19. The summed E-state index contributed by atoms with van der Waals surface area (Å²) in [5.41, 5.74) is 0. The van der Waals surface area contributed by atoms with Crippen molar-refractivity contribution >= 4 is 23.3 Å². The van der Waals surface area contributed by atoms with Crippen molar-refractivity contribution in [2.75, 3.05) is 19.0 Å². The third kappa shape index (κ3) is 4.66. The number of rotatable bonds is 4. The van der Waals surface area contributed by atoms with E-state index >= 15 is 0 Å². The monoisotopic (exact) mass is 226 g/mol. The van der Waals surface area contributed by atoms with E-state index in [1.54, 1.807) is 25.6 Å². The quantitative estimate of drug-likeness (QED) is 0.741. The van der Waals surface area contributed by atoms with Crippen molar-refractivity contribution in [3.63, 3.8) is 0 Å². The first-order valence-electron chi connectivity index (χ1n) is 4.56. The molecular formula is C9H14N4OS. The Kier molecular flexibility index (Phi) is 4.92. The zero-order chi connectivity index (χ0) is 11.1. The summed E-state index contributed by atoms with van der Waals surface area (Å²) < 4.78 is 4.97. The highest BCUT2D eigenvalue weighted by Crippen LogP contribution is 1.94. The van der Waals surface area contributed by atoms with Crippen LogP contribution in [0.3, 0.4) is 0 Å². The molecule has 1 aromatic heterocycles. The minimum Gasteiger partial charge on any atom is -0.383 e. The van der Waals surface area contributed by atoms with Crippen LogP contribution in [-0.2, 0) is 4.74 Å². The summed E-state index contributed by atoms with van der Waals surface area (Å²) >= 11 is 5.07. The van der Waals surface area contributed by atoms with E-state index in [1.165, 1.54) is 0 Å². The fourth-order valence-electron chi connectivity index (χ4n) is 1.02. The topological polar surface area (TPSA) is 59.1 Å². The van der Waals surface area contributed by atoms with E-state index in [4.69, 9.17) is 17.0 Å². The number of ether oxygens (including phenoxy) is 1. The fourth-order valence-corrected chi connectivity index (χ4v) is 1.31. The predicted octanol–water partition coefficient (Wildman–Crippen LogP) is 0.798. The van der Waals surface area contributed by atoms with Crippen molar-refractivity contribution in [3.8, 4) is 0 Å². The molecule has 6 heteroatoms. The van der Waals surface area contributed by atoms with Gasteiger partial charge in [-0.1, -0.05) is 0 Å². The van der Waals surface area contributed by atoms with E-state index in [1.807, 2.05) is 6.92 Å². The molecule has 0 saturated carbocycles. The number of nitrogens with one attached hydrogen (secondary N) is 2. The molecule has 1 rings (SSSR count). The highest BCUT2D eigenvalue weighted by atomic mass is 32.1. The van der Waals surface area contributed by atoms with Gasteiger partial charge < -0.3 is 15.4 Å². The Morgan fingerprint density at radius 3 is 2.80 bits per heavy atom. The largest absolute Gasteiger partial charge is 0.383 e. The number of nitrogens with zero attached hydrogens (tertiary/aromatic N) is 2. The van der Waals surface area contributed by atoms with Crippen molar-refractivity contribution in [2.45, 2.75) is 13.0 Å². The molecule has 0 aliphatic carbocycles. The molecule has 1 unspecified atom stereocenters. The number of hydrogen-bond acceptors (Lipinski definition) is 4. The smallest absolute Gasteiger partial charge is 0.228 e. The minimum atomic E-state index is 0.152. The molecule has 5 nitrogen and oxygen atoms in total. The lowest BCUT2D eigenvalue weighted by atomic mass is 10.4. The highest BCUT2D eigenvalue weighted by Gasteiger charge is 2.04. The van der Waals surface area contributed by atoms with Crippen LogP contribution in [0.4, 0.5) is 5.95 Å². The van der Waals surface area contributed by atoms with Gasteiger partial charge in [-0.2, -0.15) is 0 Å². The molecule has 82 valence electrons. The Morgan fingerprint density at radius 2 is 2.20 bits per heavy atom. The van der Waals surface area contributed by atoms with Crippen molar-refractivity contribution in [1.29, 1.82) is 0 Å². The van der Waals surface area contributed by atoms with Gasteiger partial charge in [-0.05, 0) is 25.2 Å². The zero-order valence-corrected chi connectivity index (χ0v) is 9.54. The second-order valence-electron chi connectivity index (χ2n) is 3.03. The lowest BCUT2D eigenvalue weighted by Gasteiger charge is -2.14. The van der Waals surface area contributed by atoms with Gasteiger partial charge in [-0.15, -0.1) is 0 Å². The molecular weight excluding hydrogens is 212 g/mol. The first kappa shape index (κ1) is 11.8. The number of methoxy groups -OCH3 is 1. The van der Waals surface area contributed by atoms with Gasteiger partial charge in [-0.3, -0.25) is 0 Å². The van der Waals surface area contributed by atoms with Crippen LogP contribution < -0.4 is 10.6 Å². The minimum absolute atomic E-state index is 0.152. The van der Waals surface area contributed by atoms with Crippen LogP contribution in [-0.4, -0.2) is 34.8 Å². The fraction of sp³-hybridized carbons (Fsp3) is 0.444. The maximum atomic E-state index is 5.07. The van der Waals surface area contributed by atoms with Crippen molar-refractivity contribution < 1.29 is 4.74 Å². The molecule has 0 spiro atoms. The van der Waals surface area contributed by atoms with E-state index in [2.05, 4.69) is 20.6 Å². The SMILES string of the molecule is COCC(C)NC(=S)Nc1ncccn1. The molecule has 0 bridgehead atoms. The molecule has 0 aromatic carbocycles. The van der Waals surface area contributed by atoms with E-state index in [9.17, 15) is 0 Å². The maximum Gasteiger partial charge on any atom is 0.228 e. The van der Waals surface area contributed by atoms with Gasteiger partial charge in [0, 0.05) is 25.5 Å². The summed E-state index contributed by atoms with van der Waals surface area (Å²) in [7, 11) is 1.65. The predicted molar refractivity (Wildman–Crippen MR) is 62.7 cm³/mol. The Morgan fingerprint density at radius 1 is 1.53 bits per heavy atom. The van der Waals surface area contributed by atoms with Crippen molar-refractivity contribution in [2.24, 2.45) is 0 Å². The number of hydrogen-bond donors (Lipinski definition) is 2. The van der Waals surface area contributed by atoms with Gasteiger partial charge in [0.2, 0.25) is 5.95 Å². The summed E-state index contributed by atoms with van der Waals surface area (Å²) in [6.45, 7) is 2.57. The van der Waals surface area contributed by atoms with Crippen molar-refractivity contribution in [3.05, 3.63) is 18.5 Å². The Bertz CT molecular complexity index is 306. The van der Waals surface area contributed by atoms with Crippen LogP contribution in [0.25, 0.3) is 0 Å². The molecule has 1 heterocycles. The highest BCUT2D eigenvalue weighted by molar-refractivity contribution is 7.80.